The fourth-order valence-electron chi connectivity index (χ4n) is 3.66. The highest BCUT2D eigenvalue weighted by Gasteiger charge is 2.27. The second-order valence-corrected chi connectivity index (χ2v) is 6.89. The fourth-order valence-corrected chi connectivity index (χ4v) is 3.66. The molecule has 4 rings (SSSR count). The van der Waals surface area contributed by atoms with Gasteiger partial charge in [-0.2, -0.15) is 0 Å². The molecule has 3 heterocycles. The van der Waals surface area contributed by atoms with Crippen molar-refractivity contribution in [1.29, 1.82) is 0 Å². The summed E-state index contributed by atoms with van der Waals surface area (Å²) in [7, 11) is 0. The molecule has 0 radical (unpaired) electrons. The van der Waals surface area contributed by atoms with Crippen molar-refractivity contribution in [2.45, 2.75) is 38.3 Å². The average molecular weight is 361 g/mol. The molecule has 1 aliphatic heterocycles. The Balaban J connectivity index is 1.46. The number of carbonyl (C=O) groups excluding carboxylic acids is 1. The van der Waals surface area contributed by atoms with Crippen molar-refractivity contribution < 1.29 is 4.79 Å². The van der Waals surface area contributed by atoms with E-state index in [2.05, 4.69) is 24.4 Å². The molecule has 2 aromatic heterocycles. The molecule has 1 aliphatic rings. The smallest absolute Gasteiger partial charge is 0.254 e. The first-order valence-electron chi connectivity index (χ1n) is 9.45. The summed E-state index contributed by atoms with van der Waals surface area (Å²) in [5.74, 6) is 0.790. The summed E-state index contributed by atoms with van der Waals surface area (Å²) in [5, 5.41) is 0. The summed E-state index contributed by atoms with van der Waals surface area (Å²) >= 11 is 0. The van der Waals surface area contributed by atoms with Crippen molar-refractivity contribution >= 4 is 5.91 Å². The third kappa shape index (κ3) is 4.05. The zero-order chi connectivity index (χ0) is 18.5. The number of nitrogens with zero attached hydrogens (tertiary/aromatic N) is 5. The number of aryl methyl sites for hydroxylation is 1. The average Bonchev–Trinajstić information content (AvgIpc) is 3.26. The van der Waals surface area contributed by atoms with Crippen molar-refractivity contribution in [1.82, 2.24) is 24.4 Å². The van der Waals surface area contributed by atoms with Gasteiger partial charge in [0.2, 0.25) is 0 Å². The quantitative estimate of drug-likeness (QED) is 0.698. The van der Waals surface area contributed by atoms with Gasteiger partial charge in [0.25, 0.3) is 5.91 Å². The Morgan fingerprint density at radius 1 is 1.07 bits per heavy atom. The van der Waals surface area contributed by atoms with Crippen LogP contribution in [0, 0.1) is 0 Å². The van der Waals surface area contributed by atoms with Crippen molar-refractivity contribution in [3.05, 3.63) is 67.0 Å². The Morgan fingerprint density at radius 2 is 1.89 bits per heavy atom. The van der Waals surface area contributed by atoms with Crippen LogP contribution in [-0.2, 0) is 6.54 Å². The molecule has 1 saturated heterocycles. The normalized spacial score (nSPS) is 17.0. The highest BCUT2D eigenvalue weighted by Crippen LogP contribution is 2.23. The van der Waals surface area contributed by atoms with Gasteiger partial charge in [-0.15, -0.1) is 0 Å². The first kappa shape index (κ1) is 17.4. The molecule has 1 aromatic carbocycles. The summed E-state index contributed by atoms with van der Waals surface area (Å²) in [6.45, 7) is 1.72. The van der Waals surface area contributed by atoms with Gasteiger partial charge < -0.3 is 9.47 Å². The summed E-state index contributed by atoms with van der Waals surface area (Å²) < 4.78 is 2.08. The molecule has 0 N–H and O–H groups in total. The topological polar surface area (TPSA) is 63.9 Å². The van der Waals surface area contributed by atoms with Crippen molar-refractivity contribution in [2.75, 3.05) is 6.54 Å². The van der Waals surface area contributed by atoms with Crippen LogP contribution in [0.15, 0.2) is 61.4 Å². The van der Waals surface area contributed by atoms with Gasteiger partial charge in [-0.05, 0) is 43.9 Å². The largest absolute Gasteiger partial charge is 0.337 e. The minimum Gasteiger partial charge on any atom is -0.337 e. The molecule has 0 aliphatic carbocycles. The summed E-state index contributed by atoms with van der Waals surface area (Å²) in [6, 6.07) is 9.69. The van der Waals surface area contributed by atoms with Gasteiger partial charge in [-0.3, -0.25) is 4.79 Å². The van der Waals surface area contributed by atoms with Crippen LogP contribution >= 0.6 is 0 Å². The Bertz CT molecular complexity index is 861. The number of hydrogen-bond donors (Lipinski definition) is 0. The van der Waals surface area contributed by atoms with E-state index in [0.717, 1.165) is 43.5 Å². The first-order chi connectivity index (χ1) is 13.3. The minimum atomic E-state index is 0.117. The van der Waals surface area contributed by atoms with E-state index >= 15 is 0 Å². The van der Waals surface area contributed by atoms with E-state index in [1.54, 1.807) is 24.7 Å². The number of amides is 1. The van der Waals surface area contributed by atoms with Crippen LogP contribution in [0.3, 0.4) is 0 Å². The highest BCUT2D eigenvalue weighted by atomic mass is 16.2. The van der Waals surface area contributed by atoms with Crippen LogP contribution in [0.1, 0.15) is 36.0 Å². The summed E-state index contributed by atoms with van der Waals surface area (Å²) in [6.07, 6.45) is 13.3. The van der Waals surface area contributed by atoms with Crippen LogP contribution in [0.25, 0.3) is 11.4 Å². The molecule has 0 unspecified atom stereocenters. The maximum Gasteiger partial charge on any atom is 0.254 e. The van der Waals surface area contributed by atoms with E-state index in [9.17, 15) is 4.79 Å². The molecule has 1 fully saturated rings. The Labute approximate surface area is 158 Å². The van der Waals surface area contributed by atoms with Crippen molar-refractivity contribution in [3.8, 4) is 11.4 Å². The van der Waals surface area contributed by atoms with Gasteiger partial charge >= 0.3 is 0 Å². The third-order valence-electron chi connectivity index (χ3n) is 5.12. The number of aromatic nitrogens is 4. The number of likely N-dealkylation sites (tertiary alicyclic amines) is 1. The zero-order valence-corrected chi connectivity index (χ0v) is 15.2. The molecule has 27 heavy (non-hydrogen) atoms. The minimum absolute atomic E-state index is 0.117. The van der Waals surface area contributed by atoms with E-state index in [1.165, 1.54) is 6.42 Å². The number of piperidine rings is 1. The van der Waals surface area contributed by atoms with Gasteiger partial charge in [0, 0.05) is 55.0 Å². The SMILES string of the molecule is O=C(c1ccc(-c2ncccn2)cc1)N1CCCC[C@H]1CCn1ccnc1. The summed E-state index contributed by atoms with van der Waals surface area (Å²) in [5.41, 5.74) is 1.65. The second-order valence-electron chi connectivity index (χ2n) is 6.89. The lowest BCUT2D eigenvalue weighted by molar-refractivity contribution is 0.0595. The van der Waals surface area contributed by atoms with Crippen LogP contribution in [-0.4, -0.2) is 42.9 Å². The van der Waals surface area contributed by atoms with Crippen LogP contribution in [0.5, 0.6) is 0 Å². The second kappa shape index (κ2) is 8.12. The molecule has 6 heteroatoms. The number of imidazole rings is 1. The molecule has 0 bridgehead atoms. The maximum atomic E-state index is 13.1. The standard InChI is InChI=1S/C21H23N5O/c27-21(18-7-5-17(6-8-18)20-23-10-3-11-24-20)26-13-2-1-4-19(26)9-14-25-15-12-22-16-25/h3,5-8,10-12,15-16,19H,1-2,4,9,13-14H2/t19-/m0/s1. The molecule has 3 aromatic rings. The summed E-state index contributed by atoms with van der Waals surface area (Å²) in [4.78, 5) is 27.8. The highest BCUT2D eigenvalue weighted by molar-refractivity contribution is 5.94. The third-order valence-corrected chi connectivity index (χ3v) is 5.12. The maximum absolute atomic E-state index is 13.1. The molecule has 0 spiro atoms. The zero-order valence-electron chi connectivity index (χ0n) is 15.2. The predicted molar refractivity (Wildman–Crippen MR) is 103 cm³/mol. The number of benzene rings is 1. The Kier molecular flexibility index (Phi) is 5.23. The lowest BCUT2D eigenvalue weighted by Crippen LogP contribution is -2.44. The Morgan fingerprint density at radius 3 is 2.63 bits per heavy atom. The molecular formula is C21H23N5O. The molecule has 1 atom stereocenters. The molecule has 6 nitrogen and oxygen atoms in total. The van der Waals surface area contributed by atoms with E-state index in [-0.39, 0.29) is 11.9 Å². The number of hydrogen-bond acceptors (Lipinski definition) is 4. The molecular weight excluding hydrogens is 338 g/mol. The van der Waals surface area contributed by atoms with E-state index in [4.69, 9.17) is 0 Å². The number of carbonyl (C=O) groups is 1. The van der Waals surface area contributed by atoms with E-state index in [1.807, 2.05) is 36.8 Å². The lowest BCUT2D eigenvalue weighted by atomic mass is 9.98. The van der Waals surface area contributed by atoms with Gasteiger partial charge in [0.05, 0.1) is 6.33 Å². The van der Waals surface area contributed by atoms with Crippen molar-refractivity contribution in [3.63, 3.8) is 0 Å². The van der Waals surface area contributed by atoms with Gasteiger partial charge in [0.15, 0.2) is 5.82 Å². The monoisotopic (exact) mass is 361 g/mol. The number of rotatable bonds is 5. The molecule has 138 valence electrons. The van der Waals surface area contributed by atoms with Gasteiger partial charge in [0.1, 0.15) is 0 Å². The van der Waals surface area contributed by atoms with Gasteiger partial charge in [-0.1, -0.05) is 12.1 Å². The predicted octanol–water partition coefficient (Wildman–Crippen LogP) is 3.43. The van der Waals surface area contributed by atoms with Gasteiger partial charge in [-0.25, -0.2) is 15.0 Å². The Hall–Kier alpha value is -3.02. The molecule has 1 amide bonds. The van der Waals surface area contributed by atoms with E-state index in [0.29, 0.717) is 5.82 Å². The van der Waals surface area contributed by atoms with Crippen LogP contribution in [0.2, 0.25) is 0 Å². The fraction of sp³-hybridized carbons (Fsp3) is 0.333. The first-order valence-corrected chi connectivity index (χ1v) is 9.45. The lowest BCUT2D eigenvalue weighted by Gasteiger charge is -2.36. The van der Waals surface area contributed by atoms with Crippen molar-refractivity contribution in [2.24, 2.45) is 0 Å². The van der Waals surface area contributed by atoms with Crippen LogP contribution < -0.4 is 0 Å². The van der Waals surface area contributed by atoms with Crippen LogP contribution in [0.4, 0.5) is 0 Å². The molecule has 0 saturated carbocycles. The van der Waals surface area contributed by atoms with E-state index < -0.39 is 0 Å².